The van der Waals surface area contributed by atoms with E-state index in [-0.39, 0.29) is 5.24 Å². The van der Waals surface area contributed by atoms with E-state index >= 15 is 0 Å². The van der Waals surface area contributed by atoms with Gasteiger partial charge in [-0.05, 0) is 29.5 Å². The molecule has 0 saturated carbocycles. The Bertz CT molecular complexity index is 287. The lowest BCUT2D eigenvalue weighted by atomic mass is 9.99. The molecule has 0 bridgehead atoms. The van der Waals surface area contributed by atoms with Crippen molar-refractivity contribution in [3.63, 3.8) is 0 Å². The molecule has 0 fully saturated rings. The zero-order chi connectivity index (χ0) is 10.4. The molecule has 1 aromatic rings. The molecule has 0 N–H and O–H groups in total. The molecule has 0 spiro atoms. The van der Waals surface area contributed by atoms with Crippen LogP contribution >= 0.6 is 27.5 Å². The summed E-state index contributed by atoms with van der Waals surface area (Å²) in [6.45, 7) is 0. The Hall–Kier alpha value is -0.340. The molecule has 0 amide bonds. The van der Waals surface area contributed by atoms with Gasteiger partial charge in [-0.2, -0.15) is 0 Å². The van der Waals surface area contributed by atoms with Crippen molar-refractivity contribution < 1.29 is 4.79 Å². The maximum Gasteiger partial charge on any atom is 0.221 e. The minimum atomic E-state index is -0.259. The molecule has 0 aliphatic rings. The first-order valence-corrected chi connectivity index (χ1v) is 6.00. The van der Waals surface area contributed by atoms with E-state index in [2.05, 4.69) is 28.1 Å². The molecule has 3 heteroatoms. The van der Waals surface area contributed by atoms with Crippen LogP contribution in [0.15, 0.2) is 30.3 Å². The highest BCUT2D eigenvalue weighted by atomic mass is 79.9. The number of rotatable bonds is 5. The van der Waals surface area contributed by atoms with Crippen LogP contribution in [0.1, 0.15) is 12.0 Å². The summed E-state index contributed by atoms with van der Waals surface area (Å²) in [5.74, 6) is 0.294. The lowest BCUT2D eigenvalue weighted by Gasteiger charge is -2.10. The van der Waals surface area contributed by atoms with Crippen LogP contribution in [0.2, 0.25) is 0 Å². The van der Waals surface area contributed by atoms with Crippen molar-refractivity contribution in [3.05, 3.63) is 35.9 Å². The van der Waals surface area contributed by atoms with E-state index < -0.39 is 0 Å². The summed E-state index contributed by atoms with van der Waals surface area (Å²) < 4.78 is 0. The fourth-order valence-electron chi connectivity index (χ4n) is 1.36. The lowest BCUT2D eigenvalue weighted by Crippen LogP contribution is -2.09. The van der Waals surface area contributed by atoms with E-state index in [1.807, 2.05) is 18.2 Å². The van der Waals surface area contributed by atoms with Crippen molar-refractivity contribution in [1.82, 2.24) is 0 Å². The van der Waals surface area contributed by atoms with Crippen LogP contribution in [-0.4, -0.2) is 10.6 Å². The Morgan fingerprint density at radius 2 is 2.00 bits per heavy atom. The zero-order valence-electron chi connectivity index (χ0n) is 7.75. The number of alkyl halides is 1. The van der Waals surface area contributed by atoms with E-state index in [9.17, 15) is 4.79 Å². The predicted molar refractivity (Wildman–Crippen MR) is 62.9 cm³/mol. The molecule has 1 atom stereocenters. The van der Waals surface area contributed by atoms with E-state index in [1.54, 1.807) is 0 Å². The summed E-state index contributed by atoms with van der Waals surface area (Å²) in [7, 11) is 0. The first kappa shape index (κ1) is 11.7. The van der Waals surface area contributed by atoms with E-state index in [0.29, 0.717) is 12.3 Å². The predicted octanol–water partition coefficient (Wildman–Crippen LogP) is 3.40. The van der Waals surface area contributed by atoms with Gasteiger partial charge in [0.2, 0.25) is 5.24 Å². The maximum atomic E-state index is 10.7. The maximum absolute atomic E-state index is 10.7. The smallest absolute Gasteiger partial charge is 0.221 e. The van der Waals surface area contributed by atoms with E-state index in [1.165, 1.54) is 5.56 Å². The van der Waals surface area contributed by atoms with Gasteiger partial charge in [-0.25, -0.2) is 0 Å². The van der Waals surface area contributed by atoms with E-state index in [4.69, 9.17) is 11.6 Å². The fraction of sp³-hybridized carbons (Fsp3) is 0.364. The molecule has 0 aliphatic heterocycles. The molecule has 1 unspecified atom stereocenters. The number of carbonyl (C=O) groups is 1. The number of hydrogen-bond donors (Lipinski definition) is 0. The second kappa shape index (κ2) is 6.20. The van der Waals surface area contributed by atoms with Crippen LogP contribution in [0.4, 0.5) is 0 Å². The zero-order valence-corrected chi connectivity index (χ0v) is 10.1. The normalized spacial score (nSPS) is 12.4. The molecule has 0 aromatic heterocycles. The van der Waals surface area contributed by atoms with Gasteiger partial charge in [-0.3, -0.25) is 4.79 Å². The molecule has 14 heavy (non-hydrogen) atoms. The molecule has 0 saturated heterocycles. The average molecular weight is 276 g/mol. The summed E-state index contributed by atoms with van der Waals surface area (Å²) in [6.07, 6.45) is 1.33. The number of carbonyl (C=O) groups excluding carboxylic acids is 1. The third kappa shape index (κ3) is 4.25. The Morgan fingerprint density at radius 3 is 2.50 bits per heavy atom. The SMILES string of the molecule is O=C(Cl)CC(CBr)Cc1ccccc1. The molecule has 0 heterocycles. The first-order valence-electron chi connectivity index (χ1n) is 4.50. The molecular formula is C11H12BrClO. The van der Waals surface area contributed by atoms with Gasteiger partial charge >= 0.3 is 0 Å². The summed E-state index contributed by atoms with van der Waals surface area (Å²) in [5.41, 5.74) is 1.25. The van der Waals surface area contributed by atoms with Crippen molar-refractivity contribution in [2.45, 2.75) is 12.8 Å². The van der Waals surface area contributed by atoms with Crippen molar-refractivity contribution >= 4 is 32.8 Å². The standard InChI is InChI=1S/C11H12BrClO/c12-8-10(7-11(13)14)6-9-4-2-1-3-5-9/h1-5,10H,6-8H2. The van der Waals surface area contributed by atoms with Gasteiger partial charge in [0.1, 0.15) is 0 Å². The number of benzene rings is 1. The highest BCUT2D eigenvalue weighted by Gasteiger charge is 2.11. The number of halogens is 2. The Kier molecular flexibility index (Phi) is 5.20. The Morgan fingerprint density at radius 1 is 1.36 bits per heavy atom. The van der Waals surface area contributed by atoms with Gasteiger partial charge in [0.05, 0.1) is 0 Å². The molecule has 0 aliphatic carbocycles. The van der Waals surface area contributed by atoms with Crippen molar-refractivity contribution in [2.75, 3.05) is 5.33 Å². The summed E-state index contributed by atoms with van der Waals surface area (Å²) >= 11 is 8.75. The van der Waals surface area contributed by atoms with Gasteiger partial charge < -0.3 is 0 Å². The van der Waals surface area contributed by atoms with Crippen LogP contribution in [0.3, 0.4) is 0 Å². The summed E-state index contributed by atoms with van der Waals surface area (Å²) in [4.78, 5) is 10.7. The third-order valence-corrected chi connectivity index (χ3v) is 3.10. The van der Waals surface area contributed by atoms with Crippen LogP contribution in [-0.2, 0) is 11.2 Å². The molecule has 0 radical (unpaired) electrons. The van der Waals surface area contributed by atoms with Crippen LogP contribution in [0.5, 0.6) is 0 Å². The molecular weight excluding hydrogens is 263 g/mol. The number of hydrogen-bond acceptors (Lipinski definition) is 1. The second-order valence-corrected chi connectivity index (χ2v) is 4.34. The Balaban J connectivity index is 2.53. The largest absolute Gasteiger partial charge is 0.281 e. The molecule has 76 valence electrons. The fourth-order valence-corrected chi connectivity index (χ4v) is 2.03. The van der Waals surface area contributed by atoms with Gasteiger partial charge in [0.25, 0.3) is 0 Å². The van der Waals surface area contributed by atoms with Crippen molar-refractivity contribution in [2.24, 2.45) is 5.92 Å². The molecule has 1 rings (SSSR count). The van der Waals surface area contributed by atoms with Gasteiger partial charge in [-0.15, -0.1) is 0 Å². The van der Waals surface area contributed by atoms with Crippen molar-refractivity contribution in [3.8, 4) is 0 Å². The van der Waals surface area contributed by atoms with Crippen LogP contribution < -0.4 is 0 Å². The van der Waals surface area contributed by atoms with Crippen LogP contribution in [0.25, 0.3) is 0 Å². The summed E-state index contributed by atoms with van der Waals surface area (Å²) in [5, 5.41) is 0.547. The lowest BCUT2D eigenvalue weighted by molar-refractivity contribution is -0.112. The molecule has 1 aromatic carbocycles. The van der Waals surface area contributed by atoms with Gasteiger partial charge in [0, 0.05) is 11.8 Å². The Labute approximate surface area is 97.6 Å². The monoisotopic (exact) mass is 274 g/mol. The molecule has 1 nitrogen and oxygen atoms in total. The minimum Gasteiger partial charge on any atom is -0.281 e. The van der Waals surface area contributed by atoms with E-state index in [0.717, 1.165) is 11.8 Å². The van der Waals surface area contributed by atoms with Crippen LogP contribution in [0, 0.1) is 5.92 Å². The van der Waals surface area contributed by atoms with Gasteiger partial charge in [-0.1, -0.05) is 46.3 Å². The second-order valence-electron chi connectivity index (χ2n) is 3.27. The summed E-state index contributed by atoms with van der Waals surface area (Å²) in [6, 6.07) is 10.1. The third-order valence-electron chi connectivity index (χ3n) is 2.03. The minimum absolute atomic E-state index is 0.259. The average Bonchev–Trinajstić information content (AvgIpc) is 2.17. The quantitative estimate of drug-likeness (QED) is 0.595. The van der Waals surface area contributed by atoms with Gasteiger partial charge in [0.15, 0.2) is 0 Å². The first-order chi connectivity index (χ1) is 6.72. The highest BCUT2D eigenvalue weighted by molar-refractivity contribution is 9.09. The highest BCUT2D eigenvalue weighted by Crippen LogP contribution is 2.15. The topological polar surface area (TPSA) is 17.1 Å². The van der Waals surface area contributed by atoms with Crippen molar-refractivity contribution in [1.29, 1.82) is 0 Å².